The first-order valence-electron chi connectivity index (χ1n) is 9.41. The number of hydrogen-bond acceptors (Lipinski definition) is 3. The number of ketones is 1. The molecule has 0 unspecified atom stereocenters. The number of benzene rings is 2. The molecule has 0 saturated carbocycles. The number of rotatable bonds is 5. The number of hydrogen-bond donors (Lipinski definition) is 2. The molecule has 2 amide bonds. The molecule has 32 heavy (non-hydrogen) atoms. The molecule has 0 atom stereocenters. The molecule has 0 fully saturated rings. The summed E-state index contributed by atoms with van der Waals surface area (Å²) in [6.45, 7) is 2.06. The Balaban J connectivity index is 1.73. The molecule has 3 rings (SSSR count). The summed E-state index contributed by atoms with van der Waals surface area (Å²) >= 11 is 5.55. The molecule has 2 aromatic rings. The van der Waals surface area contributed by atoms with Gasteiger partial charge in [0, 0.05) is 12.1 Å². The second-order valence-electron chi connectivity index (χ2n) is 6.69. The van der Waals surface area contributed by atoms with E-state index in [4.69, 9.17) is 16.3 Å². The molecule has 0 aromatic heterocycles. The van der Waals surface area contributed by atoms with Crippen LogP contribution in [0.1, 0.15) is 24.5 Å². The van der Waals surface area contributed by atoms with Gasteiger partial charge in [-0.15, -0.1) is 0 Å². The number of amides is 2. The molecular weight excluding hydrogens is 452 g/mol. The van der Waals surface area contributed by atoms with Crippen molar-refractivity contribution in [2.45, 2.75) is 19.5 Å². The monoisotopic (exact) mass is 468 g/mol. The normalized spacial score (nSPS) is 13.9. The topological polar surface area (TPSA) is 67.4 Å². The van der Waals surface area contributed by atoms with Crippen LogP contribution < -0.4 is 10.6 Å². The van der Waals surface area contributed by atoms with Crippen molar-refractivity contribution in [3.63, 3.8) is 0 Å². The lowest BCUT2D eigenvalue weighted by Gasteiger charge is -2.15. The Kier molecular flexibility index (Phi) is 6.88. The molecular formula is C22H17ClF4N2O3. The summed E-state index contributed by atoms with van der Waals surface area (Å²) in [5.41, 5.74) is -0.402. The second-order valence-corrected chi connectivity index (χ2v) is 7.10. The third-order valence-electron chi connectivity index (χ3n) is 4.45. The molecule has 10 heteroatoms. The number of nitrogens with one attached hydrogen (secondary N) is 2. The quantitative estimate of drug-likeness (QED) is 0.498. The average Bonchev–Trinajstić information content (AvgIpc) is 2.72. The molecule has 2 aromatic carbocycles. The van der Waals surface area contributed by atoms with Gasteiger partial charge in [0.05, 0.1) is 22.9 Å². The fraction of sp³-hybridized carbons (Fsp3) is 0.182. The summed E-state index contributed by atoms with van der Waals surface area (Å²) in [5, 5.41) is 3.95. The van der Waals surface area contributed by atoms with Crippen molar-refractivity contribution in [1.82, 2.24) is 0 Å². The summed E-state index contributed by atoms with van der Waals surface area (Å²) in [7, 11) is 0. The van der Waals surface area contributed by atoms with Crippen LogP contribution in [0, 0.1) is 5.82 Å². The van der Waals surface area contributed by atoms with E-state index in [2.05, 4.69) is 10.6 Å². The molecule has 1 aliphatic rings. The van der Waals surface area contributed by atoms with E-state index in [1.807, 2.05) is 0 Å². The zero-order valence-electron chi connectivity index (χ0n) is 16.6. The van der Waals surface area contributed by atoms with Crippen LogP contribution >= 0.6 is 11.6 Å². The number of halogens is 5. The maximum atomic E-state index is 14.5. The van der Waals surface area contributed by atoms with Crippen molar-refractivity contribution >= 4 is 40.4 Å². The zero-order chi connectivity index (χ0) is 23.5. The summed E-state index contributed by atoms with van der Waals surface area (Å²) in [6.07, 6.45) is -1.42. The van der Waals surface area contributed by atoms with Crippen molar-refractivity contribution < 1.29 is 31.9 Å². The maximum Gasteiger partial charge on any atom is 0.417 e. The number of carbonyl (C=O) groups is 2. The van der Waals surface area contributed by atoms with Gasteiger partial charge in [-0.25, -0.2) is 9.18 Å². The van der Waals surface area contributed by atoms with Crippen LogP contribution in [0.3, 0.4) is 0 Å². The molecule has 0 heterocycles. The van der Waals surface area contributed by atoms with E-state index in [0.717, 1.165) is 6.07 Å². The van der Waals surface area contributed by atoms with Crippen LogP contribution in [0.15, 0.2) is 54.3 Å². The van der Waals surface area contributed by atoms with Gasteiger partial charge in [-0.1, -0.05) is 23.7 Å². The van der Waals surface area contributed by atoms with Crippen molar-refractivity contribution in [3.05, 3.63) is 76.3 Å². The lowest BCUT2D eigenvalue weighted by molar-refractivity contribution is -0.137. The first kappa shape index (κ1) is 23.3. The van der Waals surface area contributed by atoms with Crippen LogP contribution in [0.5, 0.6) is 0 Å². The molecule has 5 nitrogen and oxygen atoms in total. The lowest BCUT2D eigenvalue weighted by Crippen LogP contribution is -2.20. The minimum Gasteiger partial charge on any atom is -0.490 e. The Bertz CT molecular complexity index is 1130. The molecule has 0 aliphatic heterocycles. The Morgan fingerprint density at radius 1 is 1.16 bits per heavy atom. The van der Waals surface area contributed by atoms with E-state index < -0.39 is 28.6 Å². The van der Waals surface area contributed by atoms with Gasteiger partial charge in [0.2, 0.25) is 5.78 Å². The van der Waals surface area contributed by atoms with Crippen molar-refractivity contribution in [2.75, 3.05) is 17.2 Å². The van der Waals surface area contributed by atoms with Crippen molar-refractivity contribution in [1.29, 1.82) is 0 Å². The fourth-order valence-corrected chi connectivity index (χ4v) is 3.19. The van der Waals surface area contributed by atoms with Gasteiger partial charge in [0.25, 0.3) is 0 Å². The first-order valence-corrected chi connectivity index (χ1v) is 9.78. The van der Waals surface area contributed by atoms with E-state index in [9.17, 15) is 27.2 Å². The van der Waals surface area contributed by atoms with Crippen molar-refractivity contribution in [2.24, 2.45) is 0 Å². The van der Waals surface area contributed by atoms with Crippen LogP contribution in [0.2, 0.25) is 5.02 Å². The number of urea groups is 1. The van der Waals surface area contributed by atoms with Crippen LogP contribution in [0.25, 0.3) is 5.57 Å². The highest BCUT2D eigenvalue weighted by Crippen LogP contribution is 2.36. The molecule has 0 saturated heterocycles. The third-order valence-corrected chi connectivity index (χ3v) is 4.78. The van der Waals surface area contributed by atoms with Gasteiger partial charge < -0.3 is 15.4 Å². The molecule has 0 bridgehead atoms. The maximum absolute atomic E-state index is 14.5. The molecule has 168 valence electrons. The minimum absolute atomic E-state index is 0.117. The Morgan fingerprint density at radius 2 is 1.91 bits per heavy atom. The zero-order valence-corrected chi connectivity index (χ0v) is 17.4. The number of ether oxygens (including phenoxy) is 1. The van der Waals surface area contributed by atoms with Gasteiger partial charge in [0.1, 0.15) is 5.82 Å². The molecule has 1 aliphatic carbocycles. The highest BCUT2D eigenvalue weighted by Gasteiger charge is 2.33. The van der Waals surface area contributed by atoms with E-state index in [0.29, 0.717) is 23.8 Å². The van der Waals surface area contributed by atoms with E-state index >= 15 is 0 Å². The van der Waals surface area contributed by atoms with Gasteiger partial charge in [-0.2, -0.15) is 13.2 Å². The van der Waals surface area contributed by atoms with E-state index in [1.54, 1.807) is 13.0 Å². The van der Waals surface area contributed by atoms with Crippen LogP contribution in [-0.2, 0) is 15.7 Å². The number of Topliss-reactive ketones (excluding diaryl/α,β-unsaturated/α-hetero) is 1. The van der Waals surface area contributed by atoms with Crippen LogP contribution in [0.4, 0.5) is 33.7 Å². The minimum atomic E-state index is -4.69. The second kappa shape index (κ2) is 9.44. The Morgan fingerprint density at radius 3 is 2.56 bits per heavy atom. The third kappa shape index (κ3) is 5.47. The fourth-order valence-electron chi connectivity index (χ4n) is 2.96. The van der Waals surface area contributed by atoms with Crippen LogP contribution in [-0.4, -0.2) is 18.4 Å². The highest BCUT2D eigenvalue weighted by atomic mass is 35.5. The predicted octanol–water partition coefficient (Wildman–Crippen LogP) is 6.42. The smallest absolute Gasteiger partial charge is 0.417 e. The largest absolute Gasteiger partial charge is 0.490 e. The number of alkyl halides is 3. The standard InChI is InChI=1S/C22H17ClF4N2O3/c1-2-32-20-10-13(4-8-19(20)30)12-3-7-18(17(24)9-12)29-21(31)28-14-5-6-16(23)15(11-14)22(25,26)27/h3-7,9-11H,2,8H2,1H3,(H2,28,29,31). The van der Waals surface area contributed by atoms with Gasteiger partial charge in [-0.05, 0) is 54.5 Å². The Labute approximate surface area is 185 Å². The van der Waals surface area contributed by atoms with E-state index in [1.165, 1.54) is 30.3 Å². The Hall–Kier alpha value is -3.33. The van der Waals surface area contributed by atoms with Gasteiger partial charge in [0.15, 0.2) is 5.76 Å². The lowest BCUT2D eigenvalue weighted by atomic mass is 9.97. The predicted molar refractivity (Wildman–Crippen MR) is 113 cm³/mol. The first-order chi connectivity index (χ1) is 15.1. The molecule has 2 N–H and O–H groups in total. The number of carbonyl (C=O) groups excluding carboxylic acids is 2. The van der Waals surface area contributed by atoms with Gasteiger partial charge >= 0.3 is 12.2 Å². The van der Waals surface area contributed by atoms with Gasteiger partial charge in [-0.3, -0.25) is 4.79 Å². The highest BCUT2D eigenvalue weighted by molar-refractivity contribution is 6.31. The van der Waals surface area contributed by atoms with E-state index in [-0.39, 0.29) is 29.3 Å². The average molecular weight is 469 g/mol. The molecule has 0 radical (unpaired) electrons. The van der Waals surface area contributed by atoms with Crippen molar-refractivity contribution in [3.8, 4) is 0 Å². The summed E-state index contributed by atoms with van der Waals surface area (Å²) in [5.74, 6) is -0.760. The SMILES string of the molecule is CCOC1=CC(c2ccc(NC(=O)Nc3ccc(Cl)c(C(F)(F)F)c3)c(F)c2)=CCC1=O. The number of anilines is 2. The summed E-state index contributed by atoms with van der Waals surface area (Å²) in [4.78, 5) is 24.0. The molecule has 0 spiro atoms. The summed E-state index contributed by atoms with van der Waals surface area (Å²) in [6, 6.07) is 5.94. The summed E-state index contributed by atoms with van der Waals surface area (Å²) < 4.78 is 58.7. The number of allylic oxidation sites excluding steroid dienone is 4.